The average Bonchev–Trinajstić information content (AvgIpc) is 2.60. The first-order chi connectivity index (χ1) is 11.3. The van der Waals surface area contributed by atoms with Gasteiger partial charge in [-0.25, -0.2) is 22.3 Å². The standard InChI is InChI=1S/C15H19FN2O5S/c1-17-24(21,22)11-5-6-13(16)12(9-11)15(20)23-10-14(19)18-7-3-2-4-8-18/h5-6,9,17H,2-4,7-8,10H2,1H3. The molecule has 24 heavy (non-hydrogen) atoms. The van der Waals surface area contributed by atoms with Crippen LogP contribution in [0.3, 0.4) is 0 Å². The fourth-order valence-corrected chi connectivity index (χ4v) is 3.14. The van der Waals surface area contributed by atoms with E-state index in [1.54, 1.807) is 4.90 Å². The third-order valence-corrected chi connectivity index (χ3v) is 5.18. The van der Waals surface area contributed by atoms with Gasteiger partial charge in [0.2, 0.25) is 10.0 Å². The molecule has 1 aromatic carbocycles. The predicted molar refractivity (Wildman–Crippen MR) is 83.4 cm³/mol. The molecule has 1 heterocycles. The molecule has 1 aliphatic rings. The SMILES string of the molecule is CNS(=O)(=O)c1ccc(F)c(C(=O)OCC(=O)N2CCCCC2)c1. The van der Waals surface area contributed by atoms with Crippen molar-refractivity contribution in [2.45, 2.75) is 24.2 Å². The second kappa shape index (κ2) is 7.71. The first-order valence-electron chi connectivity index (χ1n) is 7.53. The maximum atomic E-state index is 13.8. The highest BCUT2D eigenvalue weighted by molar-refractivity contribution is 7.89. The van der Waals surface area contributed by atoms with Gasteiger partial charge < -0.3 is 9.64 Å². The van der Waals surface area contributed by atoms with Crippen molar-refractivity contribution >= 4 is 21.9 Å². The molecule has 2 rings (SSSR count). The highest BCUT2D eigenvalue weighted by Crippen LogP contribution is 2.16. The molecule has 0 radical (unpaired) electrons. The van der Waals surface area contributed by atoms with Crippen molar-refractivity contribution in [3.8, 4) is 0 Å². The summed E-state index contributed by atoms with van der Waals surface area (Å²) in [7, 11) is -2.62. The van der Waals surface area contributed by atoms with E-state index in [-0.39, 0.29) is 10.8 Å². The summed E-state index contributed by atoms with van der Waals surface area (Å²) in [6.07, 6.45) is 2.86. The van der Waals surface area contributed by atoms with E-state index in [1.165, 1.54) is 7.05 Å². The van der Waals surface area contributed by atoms with Crippen LogP contribution in [-0.4, -0.2) is 51.9 Å². The number of halogens is 1. The molecule has 1 aliphatic heterocycles. The zero-order valence-electron chi connectivity index (χ0n) is 13.2. The van der Waals surface area contributed by atoms with Gasteiger partial charge in [-0.3, -0.25) is 4.79 Å². The molecule has 1 N–H and O–H groups in total. The quantitative estimate of drug-likeness (QED) is 0.790. The summed E-state index contributed by atoms with van der Waals surface area (Å²) < 4.78 is 44.1. The Morgan fingerprint density at radius 2 is 1.92 bits per heavy atom. The molecular weight excluding hydrogens is 339 g/mol. The second-order valence-electron chi connectivity index (χ2n) is 5.37. The Morgan fingerprint density at radius 3 is 2.54 bits per heavy atom. The van der Waals surface area contributed by atoms with Crippen LogP contribution in [0.15, 0.2) is 23.1 Å². The van der Waals surface area contributed by atoms with Gasteiger partial charge in [0.15, 0.2) is 6.61 Å². The number of amides is 1. The van der Waals surface area contributed by atoms with Crippen LogP contribution in [0.5, 0.6) is 0 Å². The Kier molecular flexibility index (Phi) is 5.89. The molecule has 0 spiro atoms. The first-order valence-corrected chi connectivity index (χ1v) is 9.01. The first kappa shape index (κ1) is 18.3. The van der Waals surface area contributed by atoms with E-state index >= 15 is 0 Å². The van der Waals surface area contributed by atoms with Gasteiger partial charge in [0.05, 0.1) is 10.5 Å². The normalized spacial score (nSPS) is 15.2. The van der Waals surface area contributed by atoms with E-state index < -0.39 is 34.0 Å². The fourth-order valence-electron chi connectivity index (χ4n) is 2.39. The lowest BCUT2D eigenvalue weighted by Gasteiger charge is -2.26. The Bertz CT molecular complexity index is 729. The third kappa shape index (κ3) is 4.30. The second-order valence-corrected chi connectivity index (χ2v) is 7.25. The molecule has 0 aromatic heterocycles. The number of sulfonamides is 1. The van der Waals surface area contributed by atoms with Crippen LogP contribution in [0.2, 0.25) is 0 Å². The lowest BCUT2D eigenvalue weighted by Crippen LogP contribution is -2.38. The number of hydrogen-bond donors (Lipinski definition) is 1. The van der Waals surface area contributed by atoms with E-state index in [1.807, 2.05) is 0 Å². The molecule has 0 bridgehead atoms. The van der Waals surface area contributed by atoms with Gasteiger partial charge in [-0.1, -0.05) is 0 Å². The van der Waals surface area contributed by atoms with Crippen LogP contribution < -0.4 is 4.72 Å². The van der Waals surface area contributed by atoms with Crippen LogP contribution in [0.25, 0.3) is 0 Å². The van der Waals surface area contributed by atoms with Gasteiger partial charge >= 0.3 is 5.97 Å². The lowest BCUT2D eigenvalue weighted by molar-refractivity contribution is -0.135. The summed E-state index contributed by atoms with van der Waals surface area (Å²) in [5.74, 6) is -2.34. The zero-order valence-corrected chi connectivity index (χ0v) is 14.1. The van der Waals surface area contributed by atoms with Gasteiger partial charge in [0.25, 0.3) is 5.91 Å². The van der Waals surface area contributed by atoms with Crippen LogP contribution >= 0.6 is 0 Å². The monoisotopic (exact) mass is 358 g/mol. The van der Waals surface area contributed by atoms with E-state index in [2.05, 4.69) is 4.72 Å². The van der Waals surface area contributed by atoms with Crippen molar-refractivity contribution in [2.24, 2.45) is 0 Å². The third-order valence-electron chi connectivity index (χ3n) is 3.77. The highest BCUT2D eigenvalue weighted by atomic mass is 32.2. The van der Waals surface area contributed by atoms with Gasteiger partial charge in [-0.2, -0.15) is 0 Å². The van der Waals surface area contributed by atoms with Crippen LogP contribution in [0, 0.1) is 5.82 Å². The number of carbonyl (C=O) groups excluding carboxylic acids is 2. The number of likely N-dealkylation sites (tertiary alicyclic amines) is 1. The minimum absolute atomic E-state index is 0.263. The Morgan fingerprint density at radius 1 is 1.25 bits per heavy atom. The smallest absolute Gasteiger partial charge is 0.341 e. The summed E-state index contributed by atoms with van der Waals surface area (Å²) in [5.41, 5.74) is -0.530. The summed E-state index contributed by atoms with van der Waals surface area (Å²) in [4.78, 5) is 25.2. The summed E-state index contributed by atoms with van der Waals surface area (Å²) in [5, 5.41) is 0. The van der Waals surface area contributed by atoms with Crippen molar-refractivity contribution in [1.82, 2.24) is 9.62 Å². The molecule has 0 unspecified atom stereocenters. The number of nitrogens with one attached hydrogen (secondary N) is 1. The number of ether oxygens (including phenoxy) is 1. The molecule has 132 valence electrons. The zero-order chi connectivity index (χ0) is 17.7. The Labute approximate surface area is 139 Å². The minimum Gasteiger partial charge on any atom is -0.452 e. The Hall–Kier alpha value is -2.00. The van der Waals surface area contributed by atoms with Crippen LogP contribution in [0.1, 0.15) is 29.6 Å². The Balaban J connectivity index is 2.06. The molecule has 1 fully saturated rings. The van der Waals surface area contributed by atoms with Gasteiger partial charge in [0, 0.05) is 13.1 Å². The summed E-state index contributed by atoms with van der Waals surface area (Å²) in [6.45, 7) is 0.725. The number of piperidine rings is 1. The molecule has 1 amide bonds. The topological polar surface area (TPSA) is 92.8 Å². The number of nitrogens with zero attached hydrogens (tertiary/aromatic N) is 1. The number of carbonyl (C=O) groups is 2. The minimum atomic E-state index is -3.82. The van der Waals surface area contributed by atoms with Crippen molar-refractivity contribution in [3.63, 3.8) is 0 Å². The summed E-state index contributed by atoms with van der Waals surface area (Å²) >= 11 is 0. The van der Waals surface area contributed by atoms with E-state index in [0.29, 0.717) is 13.1 Å². The predicted octanol–water partition coefficient (Wildman–Crippen LogP) is 0.903. The van der Waals surface area contributed by atoms with Gasteiger partial charge in [-0.15, -0.1) is 0 Å². The van der Waals surface area contributed by atoms with Gasteiger partial charge in [0.1, 0.15) is 5.82 Å². The molecule has 9 heteroatoms. The van der Waals surface area contributed by atoms with E-state index in [4.69, 9.17) is 4.74 Å². The van der Waals surface area contributed by atoms with Crippen molar-refractivity contribution in [2.75, 3.05) is 26.7 Å². The molecule has 0 saturated carbocycles. The van der Waals surface area contributed by atoms with Crippen molar-refractivity contribution in [3.05, 3.63) is 29.6 Å². The number of rotatable bonds is 5. The van der Waals surface area contributed by atoms with Gasteiger partial charge in [-0.05, 0) is 44.5 Å². The average molecular weight is 358 g/mol. The highest BCUT2D eigenvalue weighted by Gasteiger charge is 2.22. The lowest BCUT2D eigenvalue weighted by atomic mass is 10.1. The molecule has 1 aromatic rings. The van der Waals surface area contributed by atoms with Crippen molar-refractivity contribution in [1.29, 1.82) is 0 Å². The van der Waals surface area contributed by atoms with Crippen LogP contribution in [-0.2, 0) is 19.6 Å². The molecule has 1 saturated heterocycles. The number of esters is 1. The molecule has 0 atom stereocenters. The largest absolute Gasteiger partial charge is 0.452 e. The maximum Gasteiger partial charge on any atom is 0.341 e. The molecular formula is C15H19FN2O5S. The fraction of sp³-hybridized carbons (Fsp3) is 0.467. The van der Waals surface area contributed by atoms with Crippen LogP contribution in [0.4, 0.5) is 4.39 Å². The maximum absolute atomic E-state index is 13.8. The van der Waals surface area contributed by atoms with Crippen molar-refractivity contribution < 1.29 is 27.1 Å². The summed E-state index contributed by atoms with van der Waals surface area (Å²) in [6, 6.07) is 2.79. The van der Waals surface area contributed by atoms with E-state index in [9.17, 15) is 22.4 Å². The number of hydrogen-bond acceptors (Lipinski definition) is 5. The molecule has 7 nitrogen and oxygen atoms in total. The number of benzene rings is 1. The molecule has 0 aliphatic carbocycles. The van der Waals surface area contributed by atoms with E-state index in [0.717, 1.165) is 37.5 Å².